The molecule has 2 N–H and O–H groups in total. The molecule has 0 spiro atoms. The summed E-state index contributed by atoms with van der Waals surface area (Å²) in [5.74, 6) is 0. The normalized spacial score (nSPS) is 20.6. The first-order valence-electron chi connectivity index (χ1n) is 7.67. The van der Waals surface area contributed by atoms with E-state index in [4.69, 9.17) is 10.5 Å². The first-order chi connectivity index (χ1) is 9.24. The summed E-state index contributed by atoms with van der Waals surface area (Å²) in [5, 5.41) is 0. The lowest BCUT2D eigenvalue weighted by Gasteiger charge is -2.13. The number of benzene rings is 1. The molecule has 106 valence electrons. The second kappa shape index (κ2) is 7.66. The van der Waals surface area contributed by atoms with Crippen molar-refractivity contribution in [2.75, 3.05) is 6.61 Å². The molecule has 0 bridgehead atoms. The third-order valence-electron chi connectivity index (χ3n) is 4.05. The molecule has 2 unspecified atom stereocenters. The topological polar surface area (TPSA) is 35.2 Å². The average Bonchev–Trinajstić information content (AvgIpc) is 2.91. The van der Waals surface area contributed by atoms with Gasteiger partial charge < -0.3 is 10.5 Å². The Morgan fingerprint density at radius 3 is 2.74 bits per heavy atom. The van der Waals surface area contributed by atoms with E-state index in [1.165, 1.54) is 36.8 Å². The van der Waals surface area contributed by atoms with Gasteiger partial charge in [0.1, 0.15) is 0 Å². The van der Waals surface area contributed by atoms with Crippen LogP contribution in [-0.2, 0) is 11.2 Å². The zero-order valence-corrected chi connectivity index (χ0v) is 12.1. The zero-order chi connectivity index (χ0) is 13.5. The van der Waals surface area contributed by atoms with Gasteiger partial charge in [-0.15, -0.1) is 0 Å². The van der Waals surface area contributed by atoms with Crippen LogP contribution in [-0.4, -0.2) is 18.8 Å². The maximum atomic E-state index is 6.20. The molecule has 1 saturated heterocycles. The van der Waals surface area contributed by atoms with Crippen molar-refractivity contribution in [3.8, 4) is 0 Å². The van der Waals surface area contributed by atoms with Crippen molar-refractivity contribution < 1.29 is 4.74 Å². The molecule has 1 aromatic carbocycles. The molecule has 0 aromatic heterocycles. The van der Waals surface area contributed by atoms with Crippen molar-refractivity contribution in [2.45, 2.75) is 64.0 Å². The molecule has 2 nitrogen and oxygen atoms in total. The Bertz CT molecular complexity index is 354. The van der Waals surface area contributed by atoms with E-state index < -0.39 is 0 Å². The third kappa shape index (κ3) is 5.33. The molecular formula is C17H27NO. The van der Waals surface area contributed by atoms with Crippen molar-refractivity contribution in [1.29, 1.82) is 0 Å². The minimum absolute atomic E-state index is 0.336. The highest BCUT2D eigenvalue weighted by molar-refractivity contribution is 5.21. The van der Waals surface area contributed by atoms with Gasteiger partial charge in [-0.05, 0) is 57.4 Å². The van der Waals surface area contributed by atoms with E-state index in [1.54, 1.807) is 0 Å². The monoisotopic (exact) mass is 261 g/mol. The second-order valence-corrected chi connectivity index (χ2v) is 5.85. The van der Waals surface area contributed by atoms with Crippen LogP contribution in [0.2, 0.25) is 0 Å². The molecular weight excluding hydrogens is 234 g/mol. The summed E-state index contributed by atoms with van der Waals surface area (Å²) in [6.07, 6.45) is 8.73. The largest absolute Gasteiger partial charge is 0.378 e. The van der Waals surface area contributed by atoms with E-state index in [0.717, 1.165) is 25.9 Å². The van der Waals surface area contributed by atoms with E-state index >= 15 is 0 Å². The zero-order valence-electron chi connectivity index (χ0n) is 12.1. The van der Waals surface area contributed by atoms with Crippen LogP contribution in [0.5, 0.6) is 0 Å². The lowest BCUT2D eigenvalue weighted by molar-refractivity contribution is 0.101. The molecule has 1 heterocycles. The van der Waals surface area contributed by atoms with E-state index in [2.05, 4.69) is 31.2 Å². The lowest BCUT2D eigenvalue weighted by atomic mass is 9.99. The number of ether oxygens (including phenoxy) is 1. The Labute approximate surface area is 117 Å². The Morgan fingerprint density at radius 1 is 1.26 bits per heavy atom. The summed E-state index contributed by atoms with van der Waals surface area (Å²) in [5.41, 5.74) is 8.92. The van der Waals surface area contributed by atoms with Gasteiger partial charge >= 0.3 is 0 Å². The smallest absolute Gasteiger partial charge is 0.0576 e. The van der Waals surface area contributed by atoms with Crippen LogP contribution in [0.15, 0.2) is 24.3 Å². The molecule has 2 atom stereocenters. The fourth-order valence-electron chi connectivity index (χ4n) is 2.73. The first-order valence-corrected chi connectivity index (χ1v) is 7.67. The summed E-state index contributed by atoms with van der Waals surface area (Å²) in [6.45, 7) is 3.09. The minimum atomic E-state index is 0.336. The van der Waals surface area contributed by atoms with Gasteiger partial charge in [0.2, 0.25) is 0 Å². The number of aryl methyl sites for hydroxylation is 2. The minimum Gasteiger partial charge on any atom is -0.378 e. The van der Waals surface area contributed by atoms with Crippen molar-refractivity contribution in [2.24, 2.45) is 5.73 Å². The standard InChI is InChI=1S/C17H27NO/c1-14-7-9-15(10-8-14)11-12-16(18)4-2-5-17-6-3-13-19-17/h7-10,16-17H,2-6,11-13,18H2,1H3. The Balaban J connectivity index is 1.58. The molecule has 1 aliphatic rings. The van der Waals surface area contributed by atoms with Crippen LogP contribution in [0.3, 0.4) is 0 Å². The Kier molecular flexibility index (Phi) is 5.87. The van der Waals surface area contributed by atoms with Crippen molar-refractivity contribution in [3.05, 3.63) is 35.4 Å². The molecule has 0 amide bonds. The molecule has 0 aliphatic carbocycles. The maximum Gasteiger partial charge on any atom is 0.0576 e. The van der Waals surface area contributed by atoms with E-state index in [-0.39, 0.29) is 0 Å². The Hall–Kier alpha value is -0.860. The highest BCUT2D eigenvalue weighted by Crippen LogP contribution is 2.18. The first kappa shape index (κ1) is 14.5. The summed E-state index contributed by atoms with van der Waals surface area (Å²) < 4.78 is 5.63. The number of rotatable bonds is 7. The van der Waals surface area contributed by atoms with Crippen LogP contribution in [0.1, 0.15) is 49.7 Å². The Morgan fingerprint density at radius 2 is 2.05 bits per heavy atom. The van der Waals surface area contributed by atoms with Crippen LogP contribution >= 0.6 is 0 Å². The van der Waals surface area contributed by atoms with E-state index in [1.807, 2.05) is 0 Å². The summed E-state index contributed by atoms with van der Waals surface area (Å²) in [6, 6.07) is 9.13. The van der Waals surface area contributed by atoms with Gasteiger partial charge in [-0.1, -0.05) is 29.8 Å². The molecule has 0 saturated carbocycles. The molecule has 2 heteroatoms. The molecule has 2 rings (SSSR count). The second-order valence-electron chi connectivity index (χ2n) is 5.85. The predicted molar refractivity (Wildman–Crippen MR) is 80.3 cm³/mol. The average molecular weight is 261 g/mol. The molecule has 1 aliphatic heterocycles. The fourth-order valence-corrected chi connectivity index (χ4v) is 2.73. The SMILES string of the molecule is Cc1ccc(CCC(N)CCCC2CCCO2)cc1. The summed E-state index contributed by atoms with van der Waals surface area (Å²) in [4.78, 5) is 0. The van der Waals surface area contributed by atoms with Crippen LogP contribution in [0.4, 0.5) is 0 Å². The molecule has 19 heavy (non-hydrogen) atoms. The highest BCUT2D eigenvalue weighted by Gasteiger charge is 2.15. The quantitative estimate of drug-likeness (QED) is 0.814. The van der Waals surface area contributed by atoms with Crippen LogP contribution in [0, 0.1) is 6.92 Å². The van der Waals surface area contributed by atoms with E-state index in [9.17, 15) is 0 Å². The van der Waals surface area contributed by atoms with Gasteiger partial charge in [0.25, 0.3) is 0 Å². The third-order valence-corrected chi connectivity index (χ3v) is 4.05. The van der Waals surface area contributed by atoms with Gasteiger partial charge in [-0.25, -0.2) is 0 Å². The van der Waals surface area contributed by atoms with Crippen LogP contribution in [0.25, 0.3) is 0 Å². The van der Waals surface area contributed by atoms with Crippen molar-refractivity contribution in [3.63, 3.8) is 0 Å². The molecule has 1 fully saturated rings. The maximum absolute atomic E-state index is 6.20. The van der Waals surface area contributed by atoms with Gasteiger partial charge in [0.15, 0.2) is 0 Å². The van der Waals surface area contributed by atoms with Gasteiger partial charge in [0, 0.05) is 12.6 Å². The van der Waals surface area contributed by atoms with Gasteiger partial charge in [0.05, 0.1) is 6.10 Å². The number of nitrogens with two attached hydrogens (primary N) is 1. The van der Waals surface area contributed by atoms with Crippen molar-refractivity contribution in [1.82, 2.24) is 0 Å². The van der Waals surface area contributed by atoms with E-state index in [0.29, 0.717) is 12.1 Å². The highest BCUT2D eigenvalue weighted by atomic mass is 16.5. The van der Waals surface area contributed by atoms with Gasteiger partial charge in [-0.2, -0.15) is 0 Å². The molecule has 1 aromatic rings. The van der Waals surface area contributed by atoms with Crippen molar-refractivity contribution >= 4 is 0 Å². The predicted octanol–water partition coefficient (Wildman–Crippen LogP) is 3.60. The number of hydrogen-bond donors (Lipinski definition) is 1. The summed E-state index contributed by atoms with van der Waals surface area (Å²) >= 11 is 0. The summed E-state index contributed by atoms with van der Waals surface area (Å²) in [7, 11) is 0. The lowest BCUT2D eigenvalue weighted by Crippen LogP contribution is -2.21. The number of hydrogen-bond acceptors (Lipinski definition) is 2. The fraction of sp³-hybridized carbons (Fsp3) is 0.647. The molecule has 0 radical (unpaired) electrons. The van der Waals surface area contributed by atoms with Gasteiger partial charge in [-0.3, -0.25) is 0 Å². The van der Waals surface area contributed by atoms with Crippen LogP contribution < -0.4 is 5.73 Å².